The van der Waals surface area contributed by atoms with Crippen LogP contribution in [0.5, 0.6) is 0 Å². The van der Waals surface area contributed by atoms with Gasteiger partial charge in [-0.2, -0.15) is 0 Å². The number of nitrogens with zero attached hydrogens (tertiary/aromatic N) is 2. The Morgan fingerprint density at radius 3 is 0.941 bits per heavy atom. The van der Waals surface area contributed by atoms with E-state index in [1.54, 1.807) is 6.33 Å². The van der Waals surface area contributed by atoms with E-state index in [4.69, 9.17) is 0 Å². The summed E-state index contributed by atoms with van der Waals surface area (Å²) in [5.41, 5.74) is 2.52. The standard InChI is InChI=1S/C32H60N2/c1-3-5-7-9-11-13-15-17-19-21-23-25-27-31-29-32(34-30-33-31)28-26-24-22-20-18-16-14-12-10-8-6-4-2/h29-30H,3-28H2,1-2H3. The summed E-state index contributed by atoms with van der Waals surface area (Å²) in [7, 11) is 0. The second-order valence-electron chi connectivity index (χ2n) is 10.8. The Bertz CT molecular complexity index is 484. The molecule has 0 fully saturated rings. The van der Waals surface area contributed by atoms with Gasteiger partial charge in [0, 0.05) is 11.4 Å². The molecule has 198 valence electrons. The number of hydrogen-bond donors (Lipinski definition) is 0. The molecule has 0 atom stereocenters. The maximum atomic E-state index is 4.53. The molecule has 0 aliphatic rings. The number of unbranched alkanes of at least 4 members (excludes halogenated alkanes) is 22. The summed E-state index contributed by atoms with van der Waals surface area (Å²) in [5, 5.41) is 0. The maximum absolute atomic E-state index is 4.53. The van der Waals surface area contributed by atoms with Crippen LogP contribution in [0.25, 0.3) is 0 Å². The van der Waals surface area contributed by atoms with Crippen molar-refractivity contribution in [2.45, 2.75) is 181 Å². The Labute approximate surface area is 214 Å². The third kappa shape index (κ3) is 20.5. The monoisotopic (exact) mass is 472 g/mol. The van der Waals surface area contributed by atoms with Gasteiger partial charge in [-0.3, -0.25) is 0 Å². The first-order valence-corrected chi connectivity index (χ1v) is 15.7. The molecule has 1 rings (SSSR count). The van der Waals surface area contributed by atoms with Crippen LogP contribution in [0.3, 0.4) is 0 Å². The SMILES string of the molecule is CCCCCCCCCCCCCCc1cc(CCCCCCCCCCCCCC)ncn1. The molecule has 0 aliphatic carbocycles. The zero-order chi connectivity index (χ0) is 24.4. The fourth-order valence-corrected chi connectivity index (χ4v) is 5.01. The minimum atomic E-state index is 1.13. The lowest BCUT2D eigenvalue weighted by molar-refractivity contribution is 0.542. The fourth-order valence-electron chi connectivity index (χ4n) is 5.01. The molecule has 0 N–H and O–H groups in total. The quantitative estimate of drug-likeness (QED) is 0.125. The van der Waals surface area contributed by atoms with Crippen LogP contribution in [-0.4, -0.2) is 9.97 Å². The van der Waals surface area contributed by atoms with Crippen molar-refractivity contribution in [1.82, 2.24) is 9.97 Å². The normalized spacial score (nSPS) is 11.4. The van der Waals surface area contributed by atoms with Gasteiger partial charge in [0.25, 0.3) is 0 Å². The van der Waals surface area contributed by atoms with Gasteiger partial charge >= 0.3 is 0 Å². The van der Waals surface area contributed by atoms with Crippen molar-refractivity contribution in [3.8, 4) is 0 Å². The van der Waals surface area contributed by atoms with Gasteiger partial charge in [-0.05, 0) is 31.7 Å². The van der Waals surface area contributed by atoms with Crippen molar-refractivity contribution in [2.75, 3.05) is 0 Å². The molecule has 0 aliphatic heterocycles. The van der Waals surface area contributed by atoms with Crippen molar-refractivity contribution in [2.24, 2.45) is 0 Å². The highest BCUT2D eigenvalue weighted by molar-refractivity contribution is 5.08. The first-order valence-electron chi connectivity index (χ1n) is 15.7. The maximum Gasteiger partial charge on any atom is 0.115 e. The second-order valence-corrected chi connectivity index (χ2v) is 10.8. The topological polar surface area (TPSA) is 25.8 Å². The second kappa shape index (κ2) is 25.2. The Morgan fingerprint density at radius 1 is 0.382 bits per heavy atom. The highest BCUT2D eigenvalue weighted by atomic mass is 14.8. The minimum Gasteiger partial charge on any atom is -0.241 e. The molecule has 2 heteroatoms. The molecule has 1 aromatic heterocycles. The highest BCUT2D eigenvalue weighted by Crippen LogP contribution is 2.15. The first kappa shape index (κ1) is 31.1. The van der Waals surface area contributed by atoms with Gasteiger partial charge in [-0.25, -0.2) is 9.97 Å². The first-order chi connectivity index (χ1) is 16.9. The van der Waals surface area contributed by atoms with Gasteiger partial charge in [0.15, 0.2) is 0 Å². The van der Waals surface area contributed by atoms with Gasteiger partial charge in [0.05, 0.1) is 0 Å². The number of rotatable bonds is 26. The molecule has 1 aromatic rings. The molecule has 0 saturated carbocycles. The van der Waals surface area contributed by atoms with Gasteiger partial charge in [-0.1, -0.05) is 155 Å². The highest BCUT2D eigenvalue weighted by Gasteiger charge is 2.01. The van der Waals surface area contributed by atoms with Crippen molar-refractivity contribution in [3.63, 3.8) is 0 Å². The summed E-state index contributed by atoms with van der Waals surface area (Å²) in [6.45, 7) is 4.59. The molecule has 0 radical (unpaired) electrons. The predicted molar refractivity (Wildman–Crippen MR) is 152 cm³/mol. The van der Waals surface area contributed by atoms with Crippen LogP contribution in [0.1, 0.15) is 179 Å². The Kier molecular flexibility index (Phi) is 23.0. The summed E-state index contributed by atoms with van der Waals surface area (Å²) in [4.78, 5) is 9.05. The van der Waals surface area contributed by atoms with Gasteiger partial charge in [0.1, 0.15) is 6.33 Å². The van der Waals surface area contributed by atoms with Crippen LogP contribution < -0.4 is 0 Å². The van der Waals surface area contributed by atoms with Crippen LogP contribution in [0.15, 0.2) is 12.4 Å². The van der Waals surface area contributed by atoms with Crippen LogP contribution in [0.2, 0.25) is 0 Å². The van der Waals surface area contributed by atoms with E-state index in [9.17, 15) is 0 Å². The Hall–Kier alpha value is -0.920. The van der Waals surface area contributed by atoms with Crippen molar-refractivity contribution >= 4 is 0 Å². The average Bonchev–Trinajstić information content (AvgIpc) is 2.85. The average molecular weight is 473 g/mol. The van der Waals surface area contributed by atoms with Crippen LogP contribution in [0.4, 0.5) is 0 Å². The molecule has 1 heterocycles. The predicted octanol–water partition coefficient (Wildman–Crippen LogP) is 11.0. The Morgan fingerprint density at radius 2 is 0.647 bits per heavy atom. The molecule has 0 saturated heterocycles. The van der Waals surface area contributed by atoms with Crippen molar-refractivity contribution in [1.29, 1.82) is 0 Å². The number of aromatic nitrogens is 2. The van der Waals surface area contributed by atoms with E-state index in [1.807, 2.05) is 0 Å². The zero-order valence-electron chi connectivity index (χ0n) is 23.4. The molecular formula is C32H60N2. The van der Waals surface area contributed by atoms with Gasteiger partial charge in [0.2, 0.25) is 0 Å². The molecule has 0 unspecified atom stereocenters. The molecular weight excluding hydrogens is 412 g/mol. The largest absolute Gasteiger partial charge is 0.241 e. The summed E-state index contributed by atoms with van der Waals surface area (Å²) in [5.74, 6) is 0. The number of hydrogen-bond acceptors (Lipinski definition) is 2. The van der Waals surface area contributed by atoms with Gasteiger partial charge in [-0.15, -0.1) is 0 Å². The molecule has 34 heavy (non-hydrogen) atoms. The summed E-state index contributed by atoms with van der Waals surface area (Å²) in [6, 6.07) is 2.27. The molecule has 0 aromatic carbocycles. The van der Waals surface area contributed by atoms with E-state index >= 15 is 0 Å². The lowest BCUT2D eigenvalue weighted by Gasteiger charge is -2.05. The third-order valence-electron chi connectivity index (χ3n) is 7.35. The fraction of sp³-hybridized carbons (Fsp3) is 0.875. The van der Waals surface area contributed by atoms with E-state index in [1.165, 1.54) is 165 Å². The van der Waals surface area contributed by atoms with Gasteiger partial charge < -0.3 is 0 Å². The van der Waals surface area contributed by atoms with E-state index in [0.717, 1.165) is 12.8 Å². The third-order valence-corrected chi connectivity index (χ3v) is 7.35. The van der Waals surface area contributed by atoms with E-state index < -0.39 is 0 Å². The van der Waals surface area contributed by atoms with Crippen LogP contribution in [0, 0.1) is 0 Å². The van der Waals surface area contributed by atoms with Crippen molar-refractivity contribution in [3.05, 3.63) is 23.8 Å². The molecule has 2 nitrogen and oxygen atoms in total. The minimum absolute atomic E-state index is 1.13. The smallest absolute Gasteiger partial charge is 0.115 e. The van der Waals surface area contributed by atoms with Crippen LogP contribution in [-0.2, 0) is 12.8 Å². The van der Waals surface area contributed by atoms with Crippen LogP contribution >= 0.6 is 0 Å². The van der Waals surface area contributed by atoms with E-state index in [2.05, 4.69) is 29.9 Å². The lowest BCUT2D eigenvalue weighted by atomic mass is 10.0. The molecule has 0 bridgehead atoms. The molecule has 0 amide bonds. The lowest BCUT2D eigenvalue weighted by Crippen LogP contribution is -1.97. The summed E-state index contributed by atoms with van der Waals surface area (Å²) in [6.07, 6.45) is 37.9. The molecule has 0 spiro atoms. The number of aryl methyl sites for hydroxylation is 2. The van der Waals surface area contributed by atoms with Crippen molar-refractivity contribution < 1.29 is 0 Å². The van der Waals surface area contributed by atoms with E-state index in [0.29, 0.717) is 0 Å². The van der Waals surface area contributed by atoms with E-state index in [-0.39, 0.29) is 0 Å². The summed E-state index contributed by atoms with van der Waals surface area (Å²) < 4.78 is 0. The zero-order valence-corrected chi connectivity index (χ0v) is 23.4. The Balaban J connectivity index is 1.91. The summed E-state index contributed by atoms with van der Waals surface area (Å²) >= 11 is 0.